The number of phenolic OH excluding ortho intramolecular Hbond substituents is 1. The molecule has 2 heterocycles. The zero-order chi connectivity index (χ0) is 48.8. The van der Waals surface area contributed by atoms with Crippen molar-refractivity contribution < 1.29 is 43.8 Å². The van der Waals surface area contributed by atoms with Crippen LogP contribution in [0.4, 0.5) is 4.79 Å². The average Bonchev–Trinajstić information content (AvgIpc) is 3.66. The van der Waals surface area contributed by atoms with Crippen molar-refractivity contribution in [3.8, 4) is 5.75 Å². The van der Waals surface area contributed by atoms with Crippen LogP contribution in [0.15, 0.2) is 79.0 Å². The maximum atomic E-state index is 14.8. The lowest BCUT2D eigenvalue weighted by molar-refractivity contribution is -0.143. The number of halogens is 1. The molecule has 1 aromatic heterocycles. The lowest BCUT2D eigenvalue weighted by atomic mass is 9.97. The van der Waals surface area contributed by atoms with Crippen LogP contribution in [0.2, 0.25) is 5.02 Å². The van der Waals surface area contributed by atoms with Gasteiger partial charge in [-0.05, 0) is 72.8 Å². The quantitative estimate of drug-likeness (QED) is 0.0923. The molecule has 67 heavy (non-hydrogen) atoms. The number of carbonyl (C=O) groups excluding carboxylic acids is 6. The van der Waals surface area contributed by atoms with Crippen LogP contribution in [0.1, 0.15) is 76.5 Å². The second-order valence-corrected chi connectivity index (χ2v) is 18.4. The molecule has 1 saturated heterocycles. The number of carboxylic acid groups (broad SMARTS) is 1. The third kappa shape index (κ3) is 14.9. The van der Waals surface area contributed by atoms with E-state index >= 15 is 0 Å². The van der Waals surface area contributed by atoms with E-state index in [0.29, 0.717) is 34.9 Å². The molecular weight excluding hydrogens is 880 g/mol. The minimum atomic E-state index is -1.32. The van der Waals surface area contributed by atoms with Crippen molar-refractivity contribution in [2.45, 2.75) is 115 Å². The third-order valence-electron chi connectivity index (χ3n) is 11.7. The molecule has 18 heteroatoms. The molecule has 360 valence electrons. The fraction of sp³-hybridized carbons (Fsp3) is 0.449. The number of aliphatic carboxylic acids is 1. The van der Waals surface area contributed by atoms with E-state index in [1.807, 2.05) is 58.0 Å². The number of amides is 7. The number of fused-ring (bicyclic) bond motifs is 1. The standard InChI is InChI=1S/C49H63ClN8O9/c1-28(2)20-37-45(62)55-39(21-29(3)4)47(64)58(5)41(24-32-27-52-36-26-34(50)42(59)25-33(32)36)46(63)54-38(22-30-14-8-6-9-15-30)43(60)51-19-13-12-18-35(44(61)53-37)56-49(67)57-40(48(65)66)23-31-16-10-7-11-17-31/h6-11,14-17,25-29,35,37-41,52,59H,12-13,18-24H2,1-5H3,(H,51,60)(H,53,61)(H,54,63)(H,55,62)(H,65,66)(H2,56,57,67)/t35-,37-,38-,39-,40-,41?/m0/s1. The molecule has 6 atom stereocenters. The molecule has 1 aliphatic rings. The van der Waals surface area contributed by atoms with Gasteiger partial charge in [0.25, 0.3) is 0 Å². The van der Waals surface area contributed by atoms with Gasteiger partial charge in [0, 0.05) is 50.0 Å². The van der Waals surface area contributed by atoms with Crippen LogP contribution >= 0.6 is 11.6 Å². The van der Waals surface area contributed by atoms with Crippen molar-refractivity contribution in [3.63, 3.8) is 0 Å². The Labute approximate surface area is 395 Å². The monoisotopic (exact) mass is 942 g/mol. The second kappa shape index (κ2) is 24.2. The van der Waals surface area contributed by atoms with Gasteiger partial charge in [-0.2, -0.15) is 0 Å². The number of rotatable bonds is 13. The molecule has 1 fully saturated rings. The SMILES string of the molecule is CC(C)C[C@@H]1NC(=O)[C@@H](NC(=O)N[C@@H](Cc2ccccc2)C(=O)O)CCCCNC(=O)[C@H](Cc2ccccc2)NC(=O)C(Cc2c[nH]c3cc(Cl)c(O)cc23)N(C)C(=O)[C@H](CC(C)C)NC1=O. The molecule has 17 nitrogen and oxygen atoms in total. The van der Waals surface area contributed by atoms with Crippen molar-refractivity contribution in [2.24, 2.45) is 11.8 Å². The summed E-state index contributed by atoms with van der Waals surface area (Å²) < 4.78 is 0. The summed E-state index contributed by atoms with van der Waals surface area (Å²) in [5, 5.41) is 37.7. The Balaban J connectivity index is 1.50. The third-order valence-corrected chi connectivity index (χ3v) is 12.0. The molecule has 0 spiro atoms. The van der Waals surface area contributed by atoms with Crippen LogP contribution in [0, 0.1) is 11.8 Å². The Morgan fingerprint density at radius 3 is 2.03 bits per heavy atom. The van der Waals surface area contributed by atoms with E-state index in [9.17, 15) is 43.8 Å². The highest BCUT2D eigenvalue weighted by atomic mass is 35.5. The van der Waals surface area contributed by atoms with E-state index in [-0.39, 0.29) is 67.7 Å². The number of aromatic amines is 1. The number of likely N-dealkylation sites (N-methyl/N-ethyl adjacent to an activating group) is 1. The Hall–Kier alpha value is -6.62. The van der Waals surface area contributed by atoms with E-state index in [2.05, 4.69) is 36.9 Å². The number of nitrogens with zero attached hydrogens (tertiary/aromatic N) is 1. The zero-order valence-corrected chi connectivity index (χ0v) is 39.3. The molecule has 4 aromatic rings. The number of hydrogen-bond donors (Lipinski definition) is 9. The van der Waals surface area contributed by atoms with Crippen LogP contribution in [-0.2, 0) is 48.0 Å². The molecule has 0 bridgehead atoms. The number of nitrogens with one attached hydrogen (secondary N) is 7. The Morgan fingerprint density at radius 2 is 1.39 bits per heavy atom. The summed E-state index contributed by atoms with van der Waals surface area (Å²) in [6, 6.07) is 12.7. The molecule has 9 N–H and O–H groups in total. The Kier molecular flexibility index (Phi) is 18.6. The van der Waals surface area contributed by atoms with Gasteiger partial charge in [0.1, 0.15) is 42.0 Å². The van der Waals surface area contributed by atoms with Crippen LogP contribution in [0.3, 0.4) is 0 Å². The van der Waals surface area contributed by atoms with Crippen molar-refractivity contribution >= 4 is 64.0 Å². The molecule has 5 rings (SSSR count). The van der Waals surface area contributed by atoms with E-state index in [1.54, 1.807) is 42.6 Å². The van der Waals surface area contributed by atoms with Crippen LogP contribution in [-0.4, -0.2) is 111 Å². The number of aromatic hydroxyl groups is 1. The van der Waals surface area contributed by atoms with E-state index in [0.717, 1.165) is 5.56 Å². The van der Waals surface area contributed by atoms with Crippen LogP contribution in [0.25, 0.3) is 10.9 Å². The number of benzene rings is 3. The van der Waals surface area contributed by atoms with Gasteiger partial charge in [0.2, 0.25) is 29.5 Å². The number of H-pyrrole nitrogens is 1. The predicted octanol–water partition coefficient (Wildman–Crippen LogP) is 4.35. The molecule has 7 amide bonds. The summed E-state index contributed by atoms with van der Waals surface area (Å²) >= 11 is 6.20. The van der Waals surface area contributed by atoms with Crippen molar-refractivity contribution in [1.29, 1.82) is 0 Å². The molecule has 1 unspecified atom stereocenters. The number of urea groups is 1. The van der Waals surface area contributed by atoms with Gasteiger partial charge in [-0.3, -0.25) is 24.0 Å². The topological polar surface area (TPSA) is 251 Å². The summed E-state index contributed by atoms with van der Waals surface area (Å²) in [4.78, 5) is 102. The van der Waals surface area contributed by atoms with Gasteiger partial charge in [-0.1, -0.05) is 100.0 Å². The fourth-order valence-electron chi connectivity index (χ4n) is 8.12. The maximum Gasteiger partial charge on any atom is 0.326 e. The number of aromatic nitrogens is 1. The Morgan fingerprint density at radius 1 is 0.776 bits per heavy atom. The van der Waals surface area contributed by atoms with Gasteiger partial charge in [-0.15, -0.1) is 0 Å². The molecule has 0 radical (unpaired) electrons. The Bertz CT molecular complexity index is 2360. The summed E-state index contributed by atoms with van der Waals surface area (Å²) in [5.74, 6) is -4.81. The minimum Gasteiger partial charge on any atom is -0.506 e. The molecule has 0 saturated carbocycles. The van der Waals surface area contributed by atoms with Crippen molar-refractivity contribution in [1.82, 2.24) is 41.8 Å². The highest BCUT2D eigenvalue weighted by molar-refractivity contribution is 6.32. The highest BCUT2D eigenvalue weighted by Crippen LogP contribution is 2.31. The summed E-state index contributed by atoms with van der Waals surface area (Å²) in [5.41, 5.74) is 2.58. The predicted molar refractivity (Wildman–Crippen MR) is 254 cm³/mol. The van der Waals surface area contributed by atoms with Crippen LogP contribution in [0.5, 0.6) is 5.75 Å². The average molecular weight is 944 g/mol. The zero-order valence-electron chi connectivity index (χ0n) is 38.6. The van der Waals surface area contributed by atoms with E-state index < -0.39 is 77.8 Å². The molecule has 3 aromatic carbocycles. The summed E-state index contributed by atoms with van der Waals surface area (Å²) in [6.45, 7) is 7.59. The lowest BCUT2D eigenvalue weighted by Crippen LogP contribution is -2.60. The molecule has 0 aliphatic carbocycles. The lowest BCUT2D eigenvalue weighted by Gasteiger charge is -2.33. The van der Waals surface area contributed by atoms with E-state index in [4.69, 9.17) is 11.6 Å². The van der Waals surface area contributed by atoms with Crippen molar-refractivity contribution in [2.75, 3.05) is 13.6 Å². The fourth-order valence-corrected chi connectivity index (χ4v) is 8.29. The van der Waals surface area contributed by atoms with Crippen LogP contribution < -0.4 is 31.9 Å². The second-order valence-electron chi connectivity index (χ2n) is 18.0. The first-order chi connectivity index (χ1) is 31.9. The van der Waals surface area contributed by atoms with Gasteiger partial charge in [0.05, 0.1) is 5.02 Å². The summed E-state index contributed by atoms with van der Waals surface area (Å²) in [7, 11) is 1.45. The van der Waals surface area contributed by atoms with Gasteiger partial charge in [-0.25, -0.2) is 9.59 Å². The first kappa shape index (κ1) is 51.4. The van der Waals surface area contributed by atoms with E-state index in [1.165, 1.54) is 18.0 Å². The van der Waals surface area contributed by atoms with Crippen molar-refractivity contribution in [3.05, 3.63) is 101 Å². The van der Waals surface area contributed by atoms with Gasteiger partial charge in [0.15, 0.2) is 0 Å². The number of hydrogen-bond acceptors (Lipinski definition) is 8. The first-order valence-electron chi connectivity index (χ1n) is 22.7. The maximum absolute atomic E-state index is 14.8. The summed E-state index contributed by atoms with van der Waals surface area (Å²) in [6.07, 6.45) is 2.67. The first-order valence-corrected chi connectivity index (χ1v) is 23.1. The highest BCUT2D eigenvalue weighted by Gasteiger charge is 2.37. The van der Waals surface area contributed by atoms with Gasteiger partial charge < -0.3 is 52.0 Å². The smallest absolute Gasteiger partial charge is 0.326 e. The minimum absolute atomic E-state index is 0.0163. The number of phenols is 1. The molecule has 1 aliphatic heterocycles. The van der Waals surface area contributed by atoms with Gasteiger partial charge >= 0.3 is 12.0 Å². The largest absolute Gasteiger partial charge is 0.506 e. The normalized spacial score (nSPS) is 21.0. The molecular formula is C49H63ClN8O9. The number of carboxylic acids is 1. The number of carbonyl (C=O) groups is 7.